The number of carbonyl (C=O) groups is 2. The van der Waals surface area contributed by atoms with Crippen molar-refractivity contribution in [2.45, 2.75) is 46.1 Å². The number of hydrogen-bond donors (Lipinski definition) is 2. The van der Waals surface area contributed by atoms with E-state index in [9.17, 15) is 9.59 Å². The number of urea groups is 1. The maximum Gasteiger partial charge on any atom is 0.314 e. The Labute approximate surface area is 179 Å². The molecule has 1 aliphatic rings. The summed E-state index contributed by atoms with van der Waals surface area (Å²) in [6.45, 7) is 6.87. The van der Waals surface area contributed by atoms with Gasteiger partial charge in [0.15, 0.2) is 0 Å². The molecule has 0 atom stereocenters. The fraction of sp³-hybridized carbons (Fsp3) is 0.440. The Morgan fingerprint density at radius 1 is 0.967 bits per heavy atom. The van der Waals surface area contributed by atoms with Gasteiger partial charge in [-0.3, -0.25) is 4.79 Å². The fourth-order valence-corrected chi connectivity index (χ4v) is 3.90. The Kier molecular flexibility index (Phi) is 7.50. The van der Waals surface area contributed by atoms with Gasteiger partial charge in [-0.2, -0.15) is 0 Å². The van der Waals surface area contributed by atoms with Crippen LogP contribution in [0, 0.1) is 5.41 Å². The van der Waals surface area contributed by atoms with Gasteiger partial charge in [0.2, 0.25) is 5.91 Å². The molecule has 1 aliphatic heterocycles. The highest BCUT2D eigenvalue weighted by molar-refractivity contribution is 5.77. The van der Waals surface area contributed by atoms with Crippen molar-refractivity contribution in [3.8, 4) is 0 Å². The molecule has 2 aromatic rings. The predicted molar refractivity (Wildman–Crippen MR) is 120 cm³/mol. The quantitative estimate of drug-likeness (QED) is 0.652. The Hall–Kier alpha value is -2.82. The molecule has 160 valence electrons. The lowest BCUT2D eigenvalue weighted by Gasteiger charge is -2.29. The summed E-state index contributed by atoms with van der Waals surface area (Å²) in [5, 5.41) is 5.83. The molecule has 0 aromatic heterocycles. The molecular weight excluding hydrogens is 374 g/mol. The minimum atomic E-state index is -0.171. The maximum atomic E-state index is 12.5. The van der Waals surface area contributed by atoms with Crippen LogP contribution < -0.4 is 10.6 Å². The molecule has 0 saturated carbocycles. The smallest absolute Gasteiger partial charge is 0.314 e. The SMILES string of the molecule is CC(C)(CNC(=O)NCCCC(=O)N1CCc2ccccc2C1)Cc1ccccc1. The topological polar surface area (TPSA) is 61.4 Å². The lowest BCUT2D eigenvalue weighted by molar-refractivity contribution is -0.132. The summed E-state index contributed by atoms with van der Waals surface area (Å²) < 4.78 is 0. The Balaban J connectivity index is 1.31. The molecule has 0 bridgehead atoms. The van der Waals surface area contributed by atoms with Crippen LogP contribution in [-0.2, 0) is 24.2 Å². The first-order chi connectivity index (χ1) is 14.4. The van der Waals surface area contributed by atoms with Crippen molar-refractivity contribution in [1.82, 2.24) is 15.5 Å². The molecule has 0 unspecified atom stereocenters. The van der Waals surface area contributed by atoms with Gasteiger partial charge in [-0.15, -0.1) is 0 Å². The number of carbonyl (C=O) groups excluding carboxylic acids is 2. The van der Waals surface area contributed by atoms with Crippen molar-refractivity contribution in [3.63, 3.8) is 0 Å². The second kappa shape index (κ2) is 10.3. The third-order valence-electron chi connectivity index (χ3n) is 5.59. The zero-order chi connectivity index (χ0) is 21.4. The van der Waals surface area contributed by atoms with Crippen molar-refractivity contribution in [2.75, 3.05) is 19.6 Å². The zero-order valence-corrected chi connectivity index (χ0v) is 18.1. The standard InChI is InChI=1S/C25H33N3O2/c1-25(2,17-20-9-4-3-5-10-20)19-27-24(30)26-15-8-13-23(29)28-16-14-21-11-6-7-12-22(21)18-28/h3-7,9-12H,8,13-19H2,1-2H3,(H2,26,27,30). The third kappa shape index (κ3) is 6.61. The summed E-state index contributed by atoms with van der Waals surface area (Å²) >= 11 is 0. The molecule has 30 heavy (non-hydrogen) atoms. The van der Waals surface area contributed by atoms with E-state index in [-0.39, 0.29) is 17.4 Å². The van der Waals surface area contributed by atoms with E-state index in [1.807, 2.05) is 29.2 Å². The van der Waals surface area contributed by atoms with Crippen LogP contribution in [0.3, 0.4) is 0 Å². The van der Waals surface area contributed by atoms with Gasteiger partial charge >= 0.3 is 6.03 Å². The summed E-state index contributed by atoms with van der Waals surface area (Å²) in [5.74, 6) is 0.163. The van der Waals surface area contributed by atoms with Crippen LogP contribution in [-0.4, -0.2) is 36.5 Å². The van der Waals surface area contributed by atoms with Gasteiger partial charge < -0.3 is 15.5 Å². The number of fused-ring (bicyclic) bond motifs is 1. The summed E-state index contributed by atoms with van der Waals surface area (Å²) in [5.41, 5.74) is 3.82. The molecule has 0 aliphatic carbocycles. The highest BCUT2D eigenvalue weighted by Crippen LogP contribution is 2.21. The van der Waals surface area contributed by atoms with E-state index in [1.165, 1.54) is 16.7 Å². The van der Waals surface area contributed by atoms with Crippen LogP contribution in [0.1, 0.15) is 43.4 Å². The lowest BCUT2D eigenvalue weighted by Crippen LogP contribution is -2.42. The third-order valence-corrected chi connectivity index (χ3v) is 5.59. The first-order valence-corrected chi connectivity index (χ1v) is 10.8. The van der Waals surface area contributed by atoms with Crippen molar-refractivity contribution < 1.29 is 9.59 Å². The molecule has 5 heteroatoms. The monoisotopic (exact) mass is 407 g/mol. The Morgan fingerprint density at radius 3 is 2.43 bits per heavy atom. The summed E-state index contributed by atoms with van der Waals surface area (Å²) in [6, 6.07) is 18.4. The van der Waals surface area contributed by atoms with E-state index in [0.717, 1.165) is 19.4 Å². The van der Waals surface area contributed by atoms with Crippen LogP contribution >= 0.6 is 0 Å². The highest BCUT2D eigenvalue weighted by atomic mass is 16.2. The highest BCUT2D eigenvalue weighted by Gasteiger charge is 2.21. The van der Waals surface area contributed by atoms with Gasteiger partial charge in [0.25, 0.3) is 0 Å². The van der Waals surface area contributed by atoms with Crippen LogP contribution in [0.4, 0.5) is 4.79 Å². The molecule has 3 rings (SSSR count). The number of nitrogens with one attached hydrogen (secondary N) is 2. The van der Waals surface area contributed by atoms with E-state index in [4.69, 9.17) is 0 Å². The summed E-state index contributed by atoms with van der Waals surface area (Å²) in [4.78, 5) is 26.5. The van der Waals surface area contributed by atoms with Crippen LogP contribution in [0.15, 0.2) is 54.6 Å². The Morgan fingerprint density at radius 2 is 1.67 bits per heavy atom. The fourth-order valence-electron chi connectivity index (χ4n) is 3.90. The molecule has 0 saturated heterocycles. The summed E-state index contributed by atoms with van der Waals surface area (Å²) in [6.07, 6.45) is 2.93. The molecule has 3 amide bonds. The molecule has 1 heterocycles. The van der Waals surface area contributed by atoms with Crippen LogP contribution in [0.25, 0.3) is 0 Å². The number of benzene rings is 2. The lowest BCUT2D eigenvalue weighted by atomic mass is 9.86. The van der Waals surface area contributed by atoms with Gasteiger partial charge in [-0.05, 0) is 41.4 Å². The Bertz CT molecular complexity index is 848. The summed E-state index contributed by atoms with van der Waals surface area (Å²) in [7, 11) is 0. The van der Waals surface area contributed by atoms with Crippen molar-refractivity contribution in [2.24, 2.45) is 5.41 Å². The second-order valence-electron chi connectivity index (χ2n) is 8.87. The first kappa shape index (κ1) is 21.9. The maximum absolute atomic E-state index is 12.5. The van der Waals surface area contributed by atoms with Crippen molar-refractivity contribution in [3.05, 3.63) is 71.3 Å². The molecule has 0 spiro atoms. The number of rotatable bonds is 8. The number of nitrogens with zero attached hydrogens (tertiary/aromatic N) is 1. The predicted octanol–water partition coefficient (Wildman–Crippen LogP) is 3.92. The number of amides is 3. The van der Waals surface area contributed by atoms with Crippen molar-refractivity contribution in [1.29, 1.82) is 0 Å². The zero-order valence-electron chi connectivity index (χ0n) is 18.1. The van der Waals surface area contributed by atoms with Gasteiger partial charge in [0.1, 0.15) is 0 Å². The van der Waals surface area contributed by atoms with Gasteiger partial charge in [0, 0.05) is 32.6 Å². The molecule has 2 N–H and O–H groups in total. The van der Waals surface area contributed by atoms with E-state index in [0.29, 0.717) is 32.5 Å². The first-order valence-electron chi connectivity index (χ1n) is 10.8. The molecule has 2 aromatic carbocycles. The molecule has 5 nitrogen and oxygen atoms in total. The van der Waals surface area contributed by atoms with Gasteiger partial charge in [0.05, 0.1) is 0 Å². The van der Waals surface area contributed by atoms with E-state index in [2.05, 4.69) is 54.8 Å². The average molecular weight is 408 g/mol. The minimum Gasteiger partial charge on any atom is -0.338 e. The molecule has 0 radical (unpaired) electrons. The second-order valence-corrected chi connectivity index (χ2v) is 8.87. The molecular formula is C25H33N3O2. The normalized spacial score (nSPS) is 13.5. The van der Waals surface area contributed by atoms with Crippen molar-refractivity contribution >= 4 is 11.9 Å². The number of hydrogen-bond acceptors (Lipinski definition) is 2. The minimum absolute atomic E-state index is 0.0286. The van der Waals surface area contributed by atoms with Gasteiger partial charge in [-0.25, -0.2) is 4.79 Å². The van der Waals surface area contributed by atoms with Gasteiger partial charge in [-0.1, -0.05) is 68.4 Å². The van der Waals surface area contributed by atoms with Crippen LogP contribution in [0.5, 0.6) is 0 Å². The van der Waals surface area contributed by atoms with Crippen LogP contribution in [0.2, 0.25) is 0 Å². The average Bonchev–Trinajstić information content (AvgIpc) is 2.75. The molecule has 0 fully saturated rings. The van der Waals surface area contributed by atoms with E-state index >= 15 is 0 Å². The van der Waals surface area contributed by atoms with E-state index < -0.39 is 0 Å². The largest absolute Gasteiger partial charge is 0.338 e. The van der Waals surface area contributed by atoms with E-state index in [1.54, 1.807) is 0 Å².